The molecule has 2 saturated heterocycles. The number of hydrogen-bond donors (Lipinski definition) is 0. The average molecular weight is 563 g/mol. The first-order valence-electron chi connectivity index (χ1n) is 11.5. The van der Waals surface area contributed by atoms with Crippen molar-refractivity contribution in [3.05, 3.63) is 64.5 Å². The van der Waals surface area contributed by atoms with E-state index >= 15 is 0 Å². The van der Waals surface area contributed by atoms with E-state index in [2.05, 4.69) is 26.1 Å². The van der Waals surface area contributed by atoms with Gasteiger partial charge in [-0.25, -0.2) is 0 Å². The summed E-state index contributed by atoms with van der Waals surface area (Å²) < 4.78 is 45.1. The van der Waals surface area contributed by atoms with Crippen LogP contribution in [-0.4, -0.2) is 46.5 Å². The Bertz CT molecular complexity index is 1280. The van der Waals surface area contributed by atoms with Crippen LogP contribution < -0.4 is 4.90 Å². The molecule has 2 amide bonds. The molecule has 0 saturated carbocycles. The molecule has 7 nitrogen and oxygen atoms in total. The summed E-state index contributed by atoms with van der Waals surface area (Å²) in [6.45, 7) is 1.29. The van der Waals surface area contributed by atoms with E-state index in [1.165, 1.54) is 12.1 Å². The second-order valence-electron chi connectivity index (χ2n) is 9.03. The average Bonchev–Trinajstić information content (AvgIpc) is 3.51. The van der Waals surface area contributed by atoms with Gasteiger partial charge in [-0.1, -0.05) is 22.0 Å². The summed E-state index contributed by atoms with van der Waals surface area (Å²) in [6.07, 6.45) is -2.78. The SMILES string of the molecule is O=C(C1CC(=O)N(c2cccc(Br)c2)C1)N1CCCC(c2nnc(-c3ccc(C(F)(F)F)cc3)o2)C1. The number of anilines is 1. The van der Waals surface area contributed by atoms with Gasteiger partial charge in [0.05, 0.1) is 17.4 Å². The number of halogens is 4. The molecule has 0 bridgehead atoms. The Balaban J connectivity index is 1.25. The van der Waals surface area contributed by atoms with Crippen LogP contribution in [0.2, 0.25) is 0 Å². The van der Waals surface area contributed by atoms with Crippen LogP contribution in [0.15, 0.2) is 57.4 Å². The molecule has 2 atom stereocenters. The van der Waals surface area contributed by atoms with Crippen LogP contribution in [0, 0.1) is 5.92 Å². The molecular formula is C25H22BrF3N4O3. The van der Waals surface area contributed by atoms with E-state index in [4.69, 9.17) is 4.42 Å². The Morgan fingerprint density at radius 1 is 1.08 bits per heavy atom. The second-order valence-corrected chi connectivity index (χ2v) is 9.94. The van der Waals surface area contributed by atoms with Crippen LogP contribution in [-0.2, 0) is 15.8 Å². The molecule has 11 heteroatoms. The number of aromatic nitrogens is 2. The highest BCUT2D eigenvalue weighted by Gasteiger charge is 2.39. The zero-order valence-electron chi connectivity index (χ0n) is 19.0. The molecule has 0 aliphatic carbocycles. The number of piperidine rings is 1. The molecule has 2 unspecified atom stereocenters. The molecular weight excluding hydrogens is 541 g/mol. The summed E-state index contributed by atoms with van der Waals surface area (Å²) in [4.78, 5) is 29.3. The minimum Gasteiger partial charge on any atom is -0.420 e. The first-order chi connectivity index (χ1) is 17.2. The van der Waals surface area contributed by atoms with Crippen LogP contribution >= 0.6 is 15.9 Å². The molecule has 0 spiro atoms. The minimum atomic E-state index is -4.42. The van der Waals surface area contributed by atoms with Gasteiger partial charge < -0.3 is 14.2 Å². The summed E-state index contributed by atoms with van der Waals surface area (Å²) in [5.74, 6) is -0.294. The van der Waals surface area contributed by atoms with Gasteiger partial charge in [-0.05, 0) is 55.3 Å². The lowest BCUT2D eigenvalue weighted by Gasteiger charge is -2.32. The molecule has 36 heavy (non-hydrogen) atoms. The fraction of sp³-hybridized carbons (Fsp3) is 0.360. The Morgan fingerprint density at radius 2 is 1.86 bits per heavy atom. The highest BCUT2D eigenvalue weighted by atomic mass is 79.9. The van der Waals surface area contributed by atoms with Gasteiger partial charge in [-0.15, -0.1) is 10.2 Å². The topological polar surface area (TPSA) is 79.5 Å². The number of hydrogen-bond acceptors (Lipinski definition) is 5. The second kappa shape index (κ2) is 9.68. The number of amides is 2. The summed E-state index contributed by atoms with van der Waals surface area (Å²) in [5.41, 5.74) is 0.390. The van der Waals surface area contributed by atoms with Crippen molar-refractivity contribution in [2.24, 2.45) is 5.92 Å². The van der Waals surface area contributed by atoms with E-state index in [0.717, 1.165) is 35.1 Å². The van der Waals surface area contributed by atoms with Gasteiger partial charge in [-0.3, -0.25) is 9.59 Å². The smallest absolute Gasteiger partial charge is 0.416 e. The van der Waals surface area contributed by atoms with Gasteiger partial charge >= 0.3 is 6.18 Å². The molecule has 188 valence electrons. The van der Waals surface area contributed by atoms with Crippen molar-refractivity contribution in [3.63, 3.8) is 0 Å². The summed E-state index contributed by atoms with van der Waals surface area (Å²) in [5, 5.41) is 8.11. The maximum atomic E-state index is 13.3. The molecule has 5 rings (SSSR count). The summed E-state index contributed by atoms with van der Waals surface area (Å²) in [7, 11) is 0. The van der Waals surface area contributed by atoms with Crippen LogP contribution in [0.1, 0.15) is 36.6 Å². The van der Waals surface area contributed by atoms with Gasteiger partial charge in [-0.2, -0.15) is 13.2 Å². The maximum Gasteiger partial charge on any atom is 0.416 e. The predicted molar refractivity (Wildman–Crippen MR) is 128 cm³/mol. The number of benzene rings is 2. The predicted octanol–water partition coefficient (Wildman–Crippen LogP) is 5.28. The molecule has 3 heterocycles. The Kier molecular flexibility index (Phi) is 6.59. The van der Waals surface area contributed by atoms with E-state index in [1.54, 1.807) is 9.80 Å². The lowest BCUT2D eigenvalue weighted by atomic mass is 9.96. The number of nitrogens with zero attached hydrogens (tertiary/aromatic N) is 4. The van der Waals surface area contributed by atoms with Gasteiger partial charge in [0.25, 0.3) is 0 Å². The third kappa shape index (κ3) is 5.02. The fourth-order valence-electron chi connectivity index (χ4n) is 4.72. The van der Waals surface area contributed by atoms with Crippen LogP contribution in [0.25, 0.3) is 11.5 Å². The van der Waals surface area contributed by atoms with Crippen molar-refractivity contribution in [1.29, 1.82) is 0 Å². The summed E-state index contributed by atoms with van der Waals surface area (Å²) >= 11 is 3.41. The van der Waals surface area contributed by atoms with Crippen molar-refractivity contribution in [2.75, 3.05) is 24.5 Å². The highest BCUT2D eigenvalue weighted by molar-refractivity contribution is 9.10. The van der Waals surface area contributed by atoms with Crippen molar-refractivity contribution >= 4 is 33.4 Å². The minimum absolute atomic E-state index is 0.0759. The number of carbonyl (C=O) groups excluding carboxylic acids is 2. The fourth-order valence-corrected chi connectivity index (χ4v) is 5.11. The van der Waals surface area contributed by atoms with E-state index in [-0.39, 0.29) is 30.0 Å². The van der Waals surface area contributed by atoms with Gasteiger partial charge in [0, 0.05) is 41.8 Å². The zero-order chi connectivity index (χ0) is 25.4. The Hall–Kier alpha value is -3.21. The lowest BCUT2D eigenvalue weighted by molar-refractivity contribution is -0.138. The zero-order valence-corrected chi connectivity index (χ0v) is 20.6. The molecule has 2 aliphatic rings. The third-order valence-corrected chi connectivity index (χ3v) is 7.07. The monoisotopic (exact) mass is 562 g/mol. The normalized spacial score (nSPS) is 20.7. The van der Waals surface area contributed by atoms with Crippen LogP contribution in [0.5, 0.6) is 0 Å². The number of alkyl halides is 3. The quantitative estimate of drug-likeness (QED) is 0.432. The van der Waals surface area contributed by atoms with Crippen molar-refractivity contribution in [1.82, 2.24) is 15.1 Å². The third-order valence-electron chi connectivity index (χ3n) is 6.58. The summed E-state index contributed by atoms with van der Waals surface area (Å²) in [6, 6.07) is 12.0. The molecule has 3 aromatic rings. The standard InChI is InChI=1S/C25H22BrF3N4O3/c26-19-4-1-5-20(12-19)33-14-17(11-21(33)34)24(35)32-10-2-3-16(13-32)23-31-30-22(36-23)15-6-8-18(9-7-15)25(27,28)29/h1,4-9,12,16-17H,2-3,10-11,13-14H2. The first kappa shape index (κ1) is 24.5. The van der Waals surface area contributed by atoms with Crippen LogP contribution in [0.3, 0.4) is 0 Å². The largest absolute Gasteiger partial charge is 0.420 e. The van der Waals surface area contributed by atoms with Crippen molar-refractivity contribution in [3.8, 4) is 11.5 Å². The van der Waals surface area contributed by atoms with E-state index in [9.17, 15) is 22.8 Å². The maximum absolute atomic E-state index is 13.3. The molecule has 2 aromatic carbocycles. The lowest BCUT2D eigenvalue weighted by Crippen LogP contribution is -2.43. The molecule has 0 N–H and O–H groups in total. The van der Waals surface area contributed by atoms with Crippen molar-refractivity contribution in [2.45, 2.75) is 31.4 Å². The molecule has 0 radical (unpaired) electrons. The van der Waals surface area contributed by atoms with Crippen molar-refractivity contribution < 1.29 is 27.2 Å². The van der Waals surface area contributed by atoms with Gasteiger partial charge in [0.1, 0.15) is 0 Å². The Morgan fingerprint density at radius 3 is 2.58 bits per heavy atom. The number of rotatable bonds is 4. The van der Waals surface area contributed by atoms with Crippen LogP contribution in [0.4, 0.5) is 18.9 Å². The Labute approximate surface area is 213 Å². The van der Waals surface area contributed by atoms with E-state index in [0.29, 0.717) is 31.1 Å². The molecule has 2 aliphatic heterocycles. The first-order valence-corrected chi connectivity index (χ1v) is 12.3. The number of likely N-dealkylation sites (tertiary alicyclic amines) is 1. The van der Waals surface area contributed by atoms with Gasteiger partial charge in [0.2, 0.25) is 23.6 Å². The van der Waals surface area contributed by atoms with E-state index in [1.807, 2.05) is 24.3 Å². The number of carbonyl (C=O) groups is 2. The molecule has 1 aromatic heterocycles. The molecule has 2 fully saturated rings. The highest BCUT2D eigenvalue weighted by Crippen LogP contribution is 2.34. The van der Waals surface area contributed by atoms with Gasteiger partial charge in [0.15, 0.2) is 0 Å². The van der Waals surface area contributed by atoms with E-state index < -0.39 is 17.7 Å².